The molecule has 1 unspecified atom stereocenters. The van der Waals surface area contributed by atoms with Crippen molar-refractivity contribution in [1.82, 2.24) is 5.32 Å². The van der Waals surface area contributed by atoms with Crippen LogP contribution in [0.4, 0.5) is 0 Å². The topological polar surface area (TPSA) is 90.1 Å². The fraction of sp³-hybridized carbons (Fsp3) is 1.00. The van der Waals surface area contributed by atoms with Gasteiger partial charge in [-0.25, -0.2) is 0 Å². The molecule has 0 aliphatic carbocycles. The molecule has 1 atom stereocenters. The van der Waals surface area contributed by atoms with Crippen LogP contribution in [0.5, 0.6) is 0 Å². The summed E-state index contributed by atoms with van der Waals surface area (Å²) >= 11 is 0. The Kier molecular flexibility index (Phi) is 7.09. The molecule has 0 amide bonds. The van der Waals surface area contributed by atoms with Gasteiger partial charge in [0.25, 0.3) is 0 Å². The summed E-state index contributed by atoms with van der Waals surface area (Å²) in [4.78, 5) is 0. The van der Waals surface area contributed by atoms with Gasteiger partial charge in [-0.15, -0.1) is 0 Å². The Bertz CT molecular complexity index is 136. The van der Waals surface area contributed by atoms with Gasteiger partial charge < -0.3 is 22.5 Å². The number of hydrogen-bond donors (Lipinski definition) is 4. The van der Waals surface area contributed by atoms with Gasteiger partial charge in [-0.1, -0.05) is 13.8 Å². The zero-order chi connectivity index (χ0) is 11.0. The molecule has 4 nitrogen and oxygen atoms in total. The van der Waals surface area contributed by atoms with E-state index in [0.29, 0.717) is 13.1 Å². The molecule has 0 radical (unpaired) electrons. The minimum absolute atomic E-state index is 0.160. The van der Waals surface area contributed by atoms with Crippen molar-refractivity contribution in [2.45, 2.75) is 32.7 Å². The maximum atomic E-state index is 5.99. The molecule has 0 saturated heterocycles. The first-order chi connectivity index (χ1) is 6.52. The summed E-state index contributed by atoms with van der Waals surface area (Å²) in [5.74, 6) is 0. The largest absolute Gasteiger partial charge is 0.330 e. The molecule has 0 aromatic heterocycles. The van der Waals surface area contributed by atoms with Crippen molar-refractivity contribution >= 4 is 0 Å². The van der Waals surface area contributed by atoms with Crippen molar-refractivity contribution in [2.24, 2.45) is 22.6 Å². The number of nitrogens with two attached hydrogens (primary N) is 3. The summed E-state index contributed by atoms with van der Waals surface area (Å²) in [5.41, 5.74) is 17.2. The Morgan fingerprint density at radius 1 is 1.21 bits per heavy atom. The second-order valence-corrected chi connectivity index (χ2v) is 4.66. The van der Waals surface area contributed by atoms with E-state index < -0.39 is 0 Å². The van der Waals surface area contributed by atoms with Crippen molar-refractivity contribution in [1.29, 1.82) is 0 Å². The zero-order valence-electron chi connectivity index (χ0n) is 9.55. The molecule has 86 valence electrons. The van der Waals surface area contributed by atoms with Crippen LogP contribution in [0.3, 0.4) is 0 Å². The summed E-state index contributed by atoms with van der Waals surface area (Å²) in [7, 11) is 0. The van der Waals surface area contributed by atoms with E-state index in [0.717, 1.165) is 25.9 Å². The first-order valence-electron chi connectivity index (χ1n) is 5.38. The molecular weight excluding hydrogens is 176 g/mol. The molecule has 0 rings (SSSR count). The zero-order valence-corrected chi connectivity index (χ0v) is 9.55. The number of hydrogen-bond acceptors (Lipinski definition) is 4. The highest BCUT2D eigenvalue weighted by molar-refractivity contribution is 4.76. The van der Waals surface area contributed by atoms with E-state index >= 15 is 0 Å². The van der Waals surface area contributed by atoms with E-state index in [-0.39, 0.29) is 11.5 Å². The van der Waals surface area contributed by atoms with Crippen molar-refractivity contribution in [2.75, 3.05) is 26.2 Å². The van der Waals surface area contributed by atoms with Gasteiger partial charge in [0.2, 0.25) is 0 Å². The quantitative estimate of drug-likeness (QED) is 0.404. The van der Waals surface area contributed by atoms with Crippen molar-refractivity contribution in [3.63, 3.8) is 0 Å². The molecule has 14 heavy (non-hydrogen) atoms. The van der Waals surface area contributed by atoms with Gasteiger partial charge in [0.1, 0.15) is 0 Å². The van der Waals surface area contributed by atoms with Gasteiger partial charge in [-0.2, -0.15) is 0 Å². The Morgan fingerprint density at radius 2 is 1.86 bits per heavy atom. The summed E-state index contributed by atoms with van der Waals surface area (Å²) < 4.78 is 0. The van der Waals surface area contributed by atoms with Crippen LogP contribution in [-0.4, -0.2) is 32.2 Å². The molecule has 0 aliphatic rings. The van der Waals surface area contributed by atoms with Crippen LogP contribution in [0.2, 0.25) is 0 Å². The van der Waals surface area contributed by atoms with Crippen LogP contribution in [0.1, 0.15) is 26.7 Å². The molecule has 0 saturated carbocycles. The molecule has 0 aromatic rings. The fourth-order valence-electron chi connectivity index (χ4n) is 1.41. The van der Waals surface area contributed by atoms with Crippen LogP contribution in [0, 0.1) is 5.41 Å². The van der Waals surface area contributed by atoms with Crippen LogP contribution < -0.4 is 22.5 Å². The highest BCUT2D eigenvalue weighted by atomic mass is 14.9. The Balaban J connectivity index is 3.49. The van der Waals surface area contributed by atoms with E-state index in [1.165, 1.54) is 0 Å². The maximum Gasteiger partial charge on any atom is 0.00745 e. The second kappa shape index (κ2) is 7.17. The van der Waals surface area contributed by atoms with Crippen molar-refractivity contribution in [3.8, 4) is 0 Å². The van der Waals surface area contributed by atoms with E-state index in [9.17, 15) is 0 Å². The molecule has 0 aromatic carbocycles. The molecule has 0 spiro atoms. The molecule has 0 heterocycles. The van der Waals surface area contributed by atoms with Gasteiger partial charge in [-0.05, 0) is 31.3 Å². The highest BCUT2D eigenvalue weighted by Gasteiger charge is 2.19. The standard InChI is InChI=1S/C10H26N4/c1-10(2,8-12)7-9(13)3-5-14-6-4-11/h9,14H,3-8,11-13H2,1-2H3. The first-order valence-corrected chi connectivity index (χ1v) is 5.38. The summed E-state index contributed by atoms with van der Waals surface area (Å²) in [5, 5.41) is 3.23. The average molecular weight is 202 g/mol. The highest BCUT2D eigenvalue weighted by Crippen LogP contribution is 2.20. The normalized spacial score (nSPS) is 14.4. The Hall–Kier alpha value is -0.160. The Morgan fingerprint density at radius 3 is 2.36 bits per heavy atom. The monoisotopic (exact) mass is 202 g/mol. The van der Waals surface area contributed by atoms with E-state index in [1.807, 2.05) is 0 Å². The van der Waals surface area contributed by atoms with Gasteiger partial charge in [0.05, 0.1) is 0 Å². The lowest BCUT2D eigenvalue weighted by molar-refractivity contribution is 0.307. The molecule has 4 heteroatoms. The number of rotatable bonds is 8. The van der Waals surface area contributed by atoms with Gasteiger partial charge in [0.15, 0.2) is 0 Å². The second-order valence-electron chi connectivity index (χ2n) is 4.66. The molecule has 0 aliphatic heterocycles. The molecule has 0 bridgehead atoms. The third-order valence-corrected chi connectivity index (χ3v) is 2.38. The third-order valence-electron chi connectivity index (χ3n) is 2.38. The summed E-state index contributed by atoms with van der Waals surface area (Å²) in [6.07, 6.45) is 1.97. The molecule has 7 N–H and O–H groups in total. The molecular formula is C10H26N4. The summed E-state index contributed by atoms with van der Waals surface area (Å²) in [6, 6.07) is 0.235. The predicted molar refractivity (Wildman–Crippen MR) is 62.0 cm³/mol. The Labute approximate surface area is 87.6 Å². The predicted octanol–water partition coefficient (Wildman–Crippen LogP) is -0.373. The lowest BCUT2D eigenvalue weighted by Gasteiger charge is -2.26. The van der Waals surface area contributed by atoms with E-state index in [4.69, 9.17) is 17.2 Å². The van der Waals surface area contributed by atoms with Crippen LogP contribution in [0.25, 0.3) is 0 Å². The lowest BCUT2D eigenvalue weighted by atomic mass is 9.85. The average Bonchev–Trinajstić information content (AvgIpc) is 2.12. The van der Waals surface area contributed by atoms with E-state index in [1.54, 1.807) is 0 Å². The van der Waals surface area contributed by atoms with Gasteiger partial charge in [0, 0.05) is 19.1 Å². The van der Waals surface area contributed by atoms with Gasteiger partial charge in [-0.3, -0.25) is 0 Å². The third kappa shape index (κ3) is 7.26. The van der Waals surface area contributed by atoms with Gasteiger partial charge >= 0.3 is 0 Å². The smallest absolute Gasteiger partial charge is 0.00745 e. The van der Waals surface area contributed by atoms with Crippen LogP contribution in [0.15, 0.2) is 0 Å². The maximum absolute atomic E-state index is 5.99. The minimum Gasteiger partial charge on any atom is -0.330 e. The first kappa shape index (κ1) is 13.8. The van der Waals surface area contributed by atoms with E-state index in [2.05, 4.69) is 19.2 Å². The lowest BCUT2D eigenvalue weighted by Crippen LogP contribution is -2.35. The summed E-state index contributed by atoms with van der Waals surface area (Å²) in [6.45, 7) is 7.49. The van der Waals surface area contributed by atoms with Crippen LogP contribution in [-0.2, 0) is 0 Å². The molecule has 0 fully saturated rings. The SMILES string of the molecule is CC(C)(CN)CC(N)CCNCCN. The number of nitrogens with one attached hydrogen (secondary N) is 1. The minimum atomic E-state index is 0.160. The fourth-order valence-corrected chi connectivity index (χ4v) is 1.41. The van der Waals surface area contributed by atoms with Crippen molar-refractivity contribution in [3.05, 3.63) is 0 Å². The van der Waals surface area contributed by atoms with Crippen molar-refractivity contribution < 1.29 is 0 Å². The van der Waals surface area contributed by atoms with Crippen LogP contribution >= 0.6 is 0 Å².